The lowest BCUT2D eigenvalue weighted by Crippen LogP contribution is -2.12. The summed E-state index contributed by atoms with van der Waals surface area (Å²) < 4.78 is 35.9. The van der Waals surface area contributed by atoms with Gasteiger partial charge in [0.1, 0.15) is 5.82 Å². The number of hydrogen-bond acceptors (Lipinski definition) is 4. The van der Waals surface area contributed by atoms with E-state index in [1.54, 1.807) is 0 Å². The van der Waals surface area contributed by atoms with Gasteiger partial charge in [-0.3, -0.25) is 0 Å². The van der Waals surface area contributed by atoms with Gasteiger partial charge in [-0.25, -0.2) is 17.9 Å². The number of rotatable bonds is 3. The number of halogens is 2. The predicted molar refractivity (Wildman–Crippen MR) is 76.9 cm³/mol. The van der Waals surface area contributed by atoms with Gasteiger partial charge in [0.05, 0.1) is 21.3 Å². The Hall–Kier alpha value is -1.83. The van der Waals surface area contributed by atoms with E-state index in [4.69, 9.17) is 22.5 Å². The second-order valence-electron chi connectivity index (χ2n) is 4.05. The van der Waals surface area contributed by atoms with E-state index < -0.39 is 15.8 Å². The van der Waals surface area contributed by atoms with Gasteiger partial charge < -0.3 is 11.1 Å². The fraction of sp³-hybridized carbons (Fsp3) is 0. The van der Waals surface area contributed by atoms with E-state index in [2.05, 4.69) is 5.32 Å². The standard InChI is InChI=1S/C12H11ClFN3O2S/c13-9-3-1-7(5-10(9)14)17-12-6-8(20(16,18)19)2-4-11(12)15/h1-6,17H,15H2,(H2,16,18,19). The van der Waals surface area contributed by atoms with Crippen LogP contribution in [0.3, 0.4) is 0 Å². The summed E-state index contributed by atoms with van der Waals surface area (Å²) in [6.45, 7) is 0. The Bertz CT molecular complexity index is 765. The molecule has 0 spiro atoms. The van der Waals surface area contributed by atoms with Gasteiger partial charge in [0.15, 0.2) is 0 Å². The van der Waals surface area contributed by atoms with E-state index in [-0.39, 0.29) is 9.92 Å². The van der Waals surface area contributed by atoms with Gasteiger partial charge in [0.25, 0.3) is 0 Å². The fourth-order valence-electron chi connectivity index (χ4n) is 1.55. The Kier molecular flexibility index (Phi) is 3.85. The van der Waals surface area contributed by atoms with Crippen molar-refractivity contribution < 1.29 is 12.8 Å². The van der Waals surface area contributed by atoms with Crippen LogP contribution in [0.25, 0.3) is 0 Å². The number of benzene rings is 2. The number of primary sulfonamides is 1. The van der Waals surface area contributed by atoms with Crippen LogP contribution in [-0.4, -0.2) is 8.42 Å². The second kappa shape index (κ2) is 5.28. The van der Waals surface area contributed by atoms with Crippen LogP contribution in [0.15, 0.2) is 41.3 Å². The first kappa shape index (κ1) is 14.6. The van der Waals surface area contributed by atoms with E-state index in [9.17, 15) is 12.8 Å². The Morgan fingerprint density at radius 1 is 1.15 bits per heavy atom. The molecule has 0 amide bonds. The number of nitrogen functional groups attached to an aromatic ring is 1. The predicted octanol–water partition coefficient (Wildman–Crippen LogP) is 2.45. The topological polar surface area (TPSA) is 98.2 Å². The largest absolute Gasteiger partial charge is 0.397 e. The maximum atomic E-state index is 13.3. The lowest BCUT2D eigenvalue weighted by molar-refractivity contribution is 0.598. The molecule has 20 heavy (non-hydrogen) atoms. The molecule has 0 unspecified atom stereocenters. The molecule has 0 bridgehead atoms. The molecule has 0 aliphatic carbocycles. The Labute approximate surface area is 120 Å². The molecule has 106 valence electrons. The monoisotopic (exact) mass is 315 g/mol. The second-order valence-corrected chi connectivity index (χ2v) is 6.02. The molecule has 0 atom stereocenters. The van der Waals surface area contributed by atoms with Gasteiger partial charge in [-0.2, -0.15) is 0 Å². The number of nitrogens with two attached hydrogens (primary N) is 2. The van der Waals surface area contributed by atoms with Crippen molar-refractivity contribution in [2.45, 2.75) is 4.90 Å². The van der Waals surface area contributed by atoms with Gasteiger partial charge in [-0.05, 0) is 36.4 Å². The third kappa shape index (κ3) is 3.19. The molecule has 2 aromatic rings. The summed E-state index contributed by atoms with van der Waals surface area (Å²) in [5.41, 5.74) is 6.71. The van der Waals surface area contributed by atoms with E-state index in [1.165, 1.54) is 36.4 Å². The van der Waals surface area contributed by atoms with E-state index in [1.807, 2.05) is 0 Å². The third-order valence-electron chi connectivity index (χ3n) is 2.55. The van der Waals surface area contributed by atoms with E-state index in [0.717, 1.165) is 0 Å². The zero-order valence-electron chi connectivity index (χ0n) is 10.1. The molecule has 5 N–H and O–H groups in total. The first-order valence-corrected chi connectivity index (χ1v) is 7.34. The number of hydrogen-bond donors (Lipinski definition) is 3. The van der Waals surface area contributed by atoms with Crippen LogP contribution in [0, 0.1) is 5.82 Å². The zero-order chi connectivity index (χ0) is 14.9. The summed E-state index contributed by atoms with van der Waals surface area (Å²) in [6.07, 6.45) is 0. The van der Waals surface area contributed by atoms with Gasteiger partial charge in [-0.1, -0.05) is 11.6 Å². The van der Waals surface area contributed by atoms with Crippen molar-refractivity contribution in [1.29, 1.82) is 0 Å². The average molecular weight is 316 g/mol. The fourth-order valence-corrected chi connectivity index (χ4v) is 2.21. The number of nitrogens with one attached hydrogen (secondary N) is 1. The summed E-state index contributed by atoms with van der Waals surface area (Å²) in [7, 11) is -3.84. The number of sulfonamides is 1. The molecule has 0 heterocycles. The Morgan fingerprint density at radius 2 is 1.85 bits per heavy atom. The summed E-state index contributed by atoms with van der Waals surface area (Å²) in [4.78, 5) is -0.0939. The highest BCUT2D eigenvalue weighted by Gasteiger charge is 2.11. The molecule has 2 aromatic carbocycles. The first-order valence-electron chi connectivity index (χ1n) is 5.42. The summed E-state index contributed by atoms with van der Waals surface area (Å²) in [5.74, 6) is -0.599. The van der Waals surface area contributed by atoms with E-state index in [0.29, 0.717) is 17.1 Å². The van der Waals surface area contributed by atoms with Crippen molar-refractivity contribution in [1.82, 2.24) is 0 Å². The molecule has 0 aromatic heterocycles. The molecule has 5 nitrogen and oxygen atoms in total. The highest BCUT2D eigenvalue weighted by molar-refractivity contribution is 7.89. The maximum absolute atomic E-state index is 13.3. The van der Waals surface area contributed by atoms with Crippen LogP contribution in [0.5, 0.6) is 0 Å². The van der Waals surface area contributed by atoms with Gasteiger partial charge in [0, 0.05) is 5.69 Å². The van der Waals surface area contributed by atoms with Crippen LogP contribution >= 0.6 is 11.6 Å². The quantitative estimate of drug-likeness (QED) is 0.758. The number of anilines is 3. The molecule has 0 radical (unpaired) electrons. The lowest BCUT2D eigenvalue weighted by Gasteiger charge is -2.11. The molecule has 2 rings (SSSR count). The van der Waals surface area contributed by atoms with Gasteiger partial charge in [-0.15, -0.1) is 0 Å². The van der Waals surface area contributed by atoms with Crippen LogP contribution < -0.4 is 16.2 Å². The van der Waals surface area contributed by atoms with Gasteiger partial charge >= 0.3 is 0 Å². The van der Waals surface area contributed by atoms with E-state index >= 15 is 0 Å². The zero-order valence-corrected chi connectivity index (χ0v) is 11.7. The van der Waals surface area contributed by atoms with Crippen LogP contribution in [0.1, 0.15) is 0 Å². The Balaban J connectivity index is 2.40. The Morgan fingerprint density at radius 3 is 2.45 bits per heavy atom. The minimum absolute atomic E-state index is 0.0122. The van der Waals surface area contributed by atoms with Crippen molar-refractivity contribution in [3.05, 3.63) is 47.2 Å². The molecule has 8 heteroatoms. The SMILES string of the molecule is Nc1ccc(S(N)(=O)=O)cc1Nc1ccc(Cl)c(F)c1. The van der Waals surface area contributed by atoms with Crippen molar-refractivity contribution in [3.8, 4) is 0 Å². The van der Waals surface area contributed by atoms with Crippen LogP contribution in [-0.2, 0) is 10.0 Å². The lowest BCUT2D eigenvalue weighted by atomic mass is 10.2. The highest BCUT2D eigenvalue weighted by Crippen LogP contribution is 2.27. The van der Waals surface area contributed by atoms with Crippen LogP contribution in [0.2, 0.25) is 5.02 Å². The third-order valence-corrected chi connectivity index (χ3v) is 3.77. The van der Waals surface area contributed by atoms with Crippen LogP contribution in [0.4, 0.5) is 21.5 Å². The first-order chi connectivity index (χ1) is 9.27. The van der Waals surface area contributed by atoms with Gasteiger partial charge in [0.2, 0.25) is 10.0 Å². The minimum Gasteiger partial charge on any atom is -0.397 e. The summed E-state index contributed by atoms with van der Waals surface area (Å²) >= 11 is 5.58. The van der Waals surface area contributed by atoms with Crippen molar-refractivity contribution in [3.63, 3.8) is 0 Å². The summed E-state index contributed by atoms with van der Waals surface area (Å²) in [6, 6.07) is 8.04. The molecule has 0 aliphatic rings. The molecule has 0 saturated heterocycles. The maximum Gasteiger partial charge on any atom is 0.238 e. The minimum atomic E-state index is -3.84. The smallest absolute Gasteiger partial charge is 0.238 e. The summed E-state index contributed by atoms with van der Waals surface area (Å²) in [5, 5.41) is 7.84. The molecular weight excluding hydrogens is 305 g/mol. The molecule has 0 saturated carbocycles. The van der Waals surface area contributed by atoms with Crippen molar-refractivity contribution in [2.75, 3.05) is 11.1 Å². The normalized spacial score (nSPS) is 11.3. The molecule has 0 aliphatic heterocycles. The average Bonchev–Trinajstić information content (AvgIpc) is 2.35. The highest BCUT2D eigenvalue weighted by atomic mass is 35.5. The molecular formula is C12H11ClFN3O2S. The van der Waals surface area contributed by atoms with Crippen molar-refractivity contribution in [2.24, 2.45) is 5.14 Å². The molecule has 0 fully saturated rings. The van der Waals surface area contributed by atoms with Crippen molar-refractivity contribution >= 4 is 38.7 Å².